The van der Waals surface area contributed by atoms with E-state index in [1.165, 1.54) is 0 Å². The lowest BCUT2D eigenvalue weighted by Crippen LogP contribution is -2.31. The van der Waals surface area contributed by atoms with Crippen molar-refractivity contribution in [1.29, 1.82) is 0 Å². The number of methoxy groups -OCH3 is 1. The highest BCUT2D eigenvalue weighted by atomic mass is 16.5. The van der Waals surface area contributed by atoms with Crippen molar-refractivity contribution in [2.75, 3.05) is 24.8 Å². The number of ether oxygens (including phenoxy) is 1. The highest BCUT2D eigenvalue weighted by Gasteiger charge is 2.17. The van der Waals surface area contributed by atoms with Crippen molar-refractivity contribution in [3.63, 3.8) is 0 Å². The number of aromatic nitrogens is 2. The molecule has 1 aromatic heterocycles. The van der Waals surface area contributed by atoms with Gasteiger partial charge in [-0.1, -0.05) is 13.3 Å². The zero-order valence-corrected chi connectivity index (χ0v) is 12.0. The first kappa shape index (κ1) is 14.7. The molecule has 0 aliphatic carbocycles. The molecule has 18 heavy (non-hydrogen) atoms. The standard InChI is InChI=1S/C13H24N4O/c1-6-7-13(2,3)17-11-8-10(14-4)15-12(16-11)9-18-5/h8H,6-7,9H2,1-5H3,(H2,14,15,16,17). The molecule has 5 nitrogen and oxygen atoms in total. The fourth-order valence-electron chi connectivity index (χ4n) is 1.92. The third kappa shape index (κ3) is 4.49. The molecule has 1 heterocycles. The third-order valence-corrected chi connectivity index (χ3v) is 2.64. The molecule has 0 radical (unpaired) electrons. The molecular formula is C13H24N4O. The molecule has 0 fully saturated rings. The summed E-state index contributed by atoms with van der Waals surface area (Å²) in [5.41, 5.74) is 0.0262. The van der Waals surface area contributed by atoms with Gasteiger partial charge in [0.1, 0.15) is 18.2 Å². The number of nitrogens with zero attached hydrogens (tertiary/aromatic N) is 2. The van der Waals surface area contributed by atoms with Crippen LogP contribution < -0.4 is 10.6 Å². The van der Waals surface area contributed by atoms with Crippen LogP contribution in [-0.4, -0.2) is 29.7 Å². The minimum absolute atomic E-state index is 0.0262. The van der Waals surface area contributed by atoms with Crippen molar-refractivity contribution in [1.82, 2.24) is 9.97 Å². The quantitative estimate of drug-likeness (QED) is 0.781. The van der Waals surface area contributed by atoms with Gasteiger partial charge in [-0.15, -0.1) is 0 Å². The molecular weight excluding hydrogens is 228 g/mol. The summed E-state index contributed by atoms with van der Waals surface area (Å²) in [5, 5.41) is 6.48. The highest BCUT2D eigenvalue weighted by Crippen LogP contribution is 2.20. The summed E-state index contributed by atoms with van der Waals surface area (Å²) in [6, 6.07) is 1.91. The topological polar surface area (TPSA) is 59.1 Å². The summed E-state index contributed by atoms with van der Waals surface area (Å²) < 4.78 is 5.08. The van der Waals surface area contributed by atoms with Crippen molar-refractivity contribution in [3.05, 3.63) is 11.9 Å². The van der Waals surface area contributed by atoms with E-state index in [0.29, 0.717) is 12.4 Å². The fourth-order valence-corrected chi connectivity index (χ4v) is 1.92. The summed E-state index contributed by atoms with van der Waals surface area (Å²) in [6.45, 7) is 6.94. The number of rotatable bonds is 7. The van der Waals surface area contributed by atoms with Crippen molar-refractivity contribution >= 4 is 11.6 Å². The van der Waals surface area contributed by atoms with E-state index < -0.39 is 0 Å². The molecule has 0 aliphatic rings. The Morgan fingerprint density at radius 1 is 1.28 bits per heavy atom. The molecule has 0 aromatic carbocycles. The lowest BCUT2D eigenvalue weighted by Gasteiger charge is -2.26. The minimum atomic E-state index is 0.0262. The maximum Gasteiger partial charge on any atom is 0.158 e. The van der Waals surface area contributed by atoms with Crippen LogP contribution in [-0.2, 0) is 11.3 Å². The first-order valence-electron chi connectivity index (χ1n) is 6.33. The second-order valence-corrected chi connectivity index (χ2v) is 5.00. The van der Waals surface area contributed by atoms with Gasteiger partial charge in [-0.25, -0.2) is 9.97 Å². The van der Waals surface area contributed by atoms with Gasteiger partial charge in [-0.3, -0.25) is 0 Å². The molecule has 2 N–H and O–H groups in total. The van der Waals surface area contributed by atoms with Crippen LogP contribution in [0.2, 0.25) is 0 Å². The number of hydrogen-bond acceptors (Lipinski definition) is 5. The maximum atomic E-state index is 5.08. The van der Waals surface area contributed by atoms with Crippen molar-refractivity contribution in [2.45, 2.75) is 45.8 Å². The predicted molar refractivity (Wildman–Crippen MR) is 74.9 cm³/mol. The Morgan fingerprint density at radius 3 is 2.50 bits per heavy atom. The summed E-state index contributed by atoms with van der Waals surface area (Å²) in [5.74, 6) is 2.31. The van der Waals surface area contributed by atoms with Gasteiger partial charge in [-0.2, -0.15) is 0 Å². The van der Waals surface area contributed by atoms with E-state index in [2.05, 4.69) is 41.4 Å². The zero-order valence-electron chi connectivity index (χ0n) is 12.0. The fraction of sp³-hybridized carbons (Fsp3) is 0.692. The molecule has 0 saturated heterocycles. The molecule has 0 aliphatic heterocycles. The molecule has 1 aromatic rings. The second-order valence-electron chi connectivity index (χ2n) is 5.00. The summed E-state index contributed by atoms with van der Waals surface area (Å²) in [4.78, 5) is 8.78. The van der Waals surface area contributed by atoms with Gasteiger partial charge < -0.3 is 15.4 Å². The number of hydrogen-bond donors (Lipinski definition) is 2. The first-order chi connectivity index (χ1) is 8.50. The second kappa shape index (κ2) is 6.54. The Hall–Kier alpha value is -1.36. The van der Waals surface area contributed by atoms with E-state index in [9.17, 15) is 0 Å². The number of anilines is 2. The molecule has 0 amide bonds. The normalized spacial score (nSPS) is 11.4. The van der Waals surface area contributed by atoms with E-state index in [1.54, 1.807) is 7.11 Å². The molecule has 102 valence electrons. The Bertz CT molecular complexity index is 379. The predicted octanol–water partition coefficient (Wildman–Crippen LogP) is 2.66. The lowest BCUT2D eigenvalue weighted by molar-refractivity contribution is 0.178. The molecule has 0 bridgehead atoms. The lowest BCUT2D eigenvalue weighted by atomic mass is 9.99. The van der Waals surface area contributed by atoms with Gasteiger partial charge in [0.15, 0.2) is 5.82 Å². The molecule has 0 atom stereocenters. The van der Waals surface area contributed by atoms with Gasteiger partial charge in [-0.05, 0) is 20.3 Å². The first-order valence-corrected chi connectivity index (χ1v) is 6.33. The van der Waals surface area contributed by atoms with Gasteiger partial charge >= 0.3 is 0 Å². The van der Waals surface area contributed by atoms with E-state index in [0.717, 1.165) is 24.5 Å². The molecule has 0 saturated carbocycles. The Kier molecular flexibility index (Phi) is 5.34. The largest absolute Gasteiger partial charge is 0.377 e. The smallest absolute Gasteiger partial charge is 0.158 e. The Balaban J connectivity index is 2.90. The third-order valence-electron chi connectivity index (χ3n) is 2.64. The molecule has 0 spiro atoms. The van der Waals surface area contributed by atoms with E-state index in [-0.39, 0.29) is 5.54 Å². The van der Waals surface area contributed by atoms with Crippen molar-refractivity contribution in [2.24, 2.45) is 0 Å². The van der Waals surface area contributed by atoms with Crippen LogP contribution in [0.15, 0.2) is 6.07 Å². The van der Waals surface area contributed by atoms with Gasteiger partial charge in [0, 0.05) is 25.8 Å². The summed E-state index contributed by atoms with van der Waals surface area (Å²) >= 11 is 0. The summed E-state index contributed by atoms with van der Waals surface area (Å²) in [7, 11) is 3.49. The maximum absolute atomic E-state index is 5.08. The van der Waals surface area contributed by atoms with Crippen LogP contribution in [0.5, 0.6) is 0 Å². The van der Waals surface area contributed by atoms with Crippen molar-refractivity contribution < 1.29 is 4.74 Å². The van der Waals surface area contributed by atoms with E-state index >= 15 is 0 Å². The Morgan fingerprint density at radius 2 is 1.94 bits per heavy atom. The highest BCUT2D eigenvalue weighted by molar-refractivity contribution is 5.48. The molecule has 1 rings (SSSR count). The zero-order chi connectivity index (χ0) is 13.6. The average molecular weight is 252 g/mol. The summed E-state index contributed by atoms with van der Waals surface area (Å²) in [6.07, 6.45) is 2.22. The van der Waals surface area contributed by atoms with Crippen LogP contribution in [0, 0.1) is 0 Å². The van der Waals surface area contributed by atoms with E-state index in [4.69, 9.17) is 4.74 Å². The van der Waals surface area contributed by atoms with Crippen LogP contribution in [0.1, 0.15) is 39.4 Å². The van der Waals surface area contributed by atoms with Crippen LogP contribution in [0.25, 0.3) is 0 Å². The molecule has 0 unspecified atom stereocenters. The van der Waals surface area contributed by atoms with Crippen LogP contribution in [0.4, 0.5) is 11.6 Å². The Labute approximate surface area is 109 Å². The minimum Gasteiger partial charge on any atom is -0.377 e. The SMILES string of the molecule is CCCC(C)(C)Nc1cc(NC)nc(COC)n1. The number of nitrogens with one attached hydrogen (secondary N) is 2. The van der Waals surface area contributed by atoms with Gasteiger partial charge in [0.05, 0.1) is 0 Å². The van der Waals surface area contributed by atoms with Crippen LogP contribution >= 0.6 is 0 Å². The average Bonchev–Trinajstić information content (AvgIpc) is 2.28. The molecule has 5 heteroatoms. The van der Waals surface area contributed by atoms with Crippen molar-refractivity contribution in [3.8, 4) is 0 Å². The van der Waals surface area contributed by atoms with Gasteiger partial charge in [0.25, 0.3) is 0 Å². The van der Waals surface area contributed by atoms with Gasteiger partial charge in [0.2, 0.25) is 0 Å². The van der Waals surface area contributed by atoms with Crippen LogP contribution in [0.3, 0.4) is 0 Å². The monoisotopic (exact) mass is 252 g/mol. The van der Waals surface area contributed by atoms with E-state index in [1.807, 2.05) is 13.1 Å².